The van der Waals surface area contributed by atoms with Gasteiger partial charge in [0.1, 0.15) is 0 Å². The smallest absolute Gasteiger partial charge is 0.329 e. The molecule has 0 atom stereocenters. The lowest BCUT2D eigenvalue weighted by atomic mass is 10.2. The number of H-pyrrole nitrogens is 1. The van der Waals surface area contributed by atoms with Gasteiger partial charge in [-0.15, -0.1) is 0 Å². The number of amides is 1. The molecule has 164 valence electrons. The minimum atomic E-state index is -0.504. The maximum atomic E-state index is 12.7. The molecule has 0 saturated carbocycles. The zero-order chi connectivity index (χ0) is 22.1. The molecule has 10 heteroatoms. The van der Waals surface area contributed by atoms with Crippen LogP contribution in [-0.2, 0) is 18.4 Å². The van der Waals surface area contributed by atoms with Crippen LogP contribution < -0.4 is 16.1 Å². The number of nitrogens with one attached hydrogen (secondary N) is 1. The molecule has 1 aliphatic rings. The number of aromatic amines is 1. The standard InChI is InChI=1S/C21H25ClN6O3/c1-3-4-16(29)26-9-11-27(12-10-26)20-23-18-17(19(30)24-21(31)25(18)2)28(20)13-14-5-7-15(22)8-6-14/h5-8H,3-4,9-13H2,1-2H3,(H,24,30,31). The fraction of sp³-hybridized carbons (Fsp3) is 0.429. The molecule has 1 N–H and O–H groups in total. The first-order valence-electron chi connectivity index (χ1n) is 10.4. The average molecular weight is 445 g/mol. The molecule has 0 spiro atoms. The van der Waals surface area contributed by atoms with E-state index >= 15 is 0 Å². The number of aromatic nitrogens is 4. The molecule has 0 radical (unpaired) electrons. The molecular formula is C21H25ClN6O3. The average Bonchev–Trinajstić information content (AvgIpc) is 3.14. The highest BCUT2D eigenvalue weighted by Crippen LogP contribution is 2.23. The van der Waals surface area contributed by atoms with Crippen molar-refractivity contribution in [1.82, 2.24) is 24.0 Å². The zero-order valence-electron chi connectivity index (χ0n) is 17.6. The third kappa shape index (κ3) is 4.10. The molecule has 0 bridgehead atoms. The molecule has 3 aromatic rings. The number of rotatable bonds is 5. The number of halogens is 1. The van der Waals surface area contributed by atoms with Crippen LogP contribution in [0.4, 0.5) is 5.95 Å². The minimum Gasteiger partial charge on any atom is -0.339 e. The number of piperazine rings is 1. The van der Waals surface area contributed by atoms with Crippen molar-refractivity contribution in [1.29, 1.82) is 0 Å². The van der Waals surface area contributed by atoms with Crippen LogP contribution in [0, 0.1) is 0 Å². The Balaban J connectivity index is 1.74. The maximum absolute atomic E-state index is 12.7. The van der Waals surface area contributed by atoms with Crippen molar-refractivity contribution < 1.29 is 4.79 Å². The number of aryl methyl sites for hydroxylation is 1. The lowest BCUT2D eigenvalue weighted by Crippen LogP contribution is -2.49. The Hall–Kier alpha value is -3.07. The summed E-state index contributed by atoms with van der Waals surface area (Å²) in [5.41, 5.74) is 0.659. The van der Waals surface area contributed by atoms with Gasteiger partial charge in [0.25, 0.3) is 5.56 Å². The van der Waals surface area contributed by atoms with Crippen LogP contribution >= 0.6 is 11.6 Å². The molecule has 31 heavy (non-hydrogen) atoms. The van der Waals surface area contributed by atoms with Crippen molar-refractivity contribution in [2.75, 3.05) is 31.1 Å². The highest BCUT2D eigenvalue weighted by molar-refractivity contribution is 6.30. The summed E-state index contributed by atoms with van der Waals surface area (Å²) in [4.78, 5) is 48.0. The molecule has 1 aromatic carbocycles. The highest BCUT2D eigenvalue weighted by Gasteiger charge is 2.26. The number of carbonyl (C=O) groups is 1. The fourth-order valence-corrected chi connectivity index (χ4v) is 4.04. The Morgan fingerprint density at radius 3 is 2.45 bits per heavy atom. The maximum Gasteiger partial charge on any atom is 0.329 e. The quantitative estimate of drug-likeness (QED) is 0.644. The van der Waals surface area contributed by atoms with E-state index in [1.807, 2.05) is 28.5 Å². The molecule has 3 heterocycles. The number of hydrogen-bond donors (Lipinski definition) is 1. The Bertz CT molecular complexity index is 1220. The van der Waals surface area contributed by atoms with Crippen molar-refractivity contribution in [3.8, 4) is 0 Å². The third-order valence-corrected chi connectivity index (χ3v) is 5.87. The van der Waals surface area contributed by atoms with Crippen LogP contribution in [0.15, 0.2) is 33.9 Å². The monoisotopic (exact) mass is 444 g/mol. The van der Waals surface area contributed by atoms with Gasteiger partial charge in [-0.05, 0) is 24.1 Å². The SMILES string of the molecule is CCCC(=O)N1CCN(c2nc3c(c(=O)[nH]c(=O)n3C)n2Cc2ccc(Cl)cc2)CC1. The van der Waals surface area contributed by atoms with Gasteiger partial charge >= 0.3 is 5.69 Å². The second-order valence-electron chi connectivity index (χ2n) is 7.73. The van der Waals surface area contributed by atoms with Crippen LogP contribution in [0.2, 0.25) is 5.02 Å². The van der Waals surface area contributed by atoms with E-state index in [1.165, 1.54) is 4.57 Å². The van der Waals surface area contributed by atoms with Gasteiger partial charge in [0.15, 0.2) is 11.2 Å². The van der Waals surface area contributed by atoms with Crippen molar-refractivity contribution in [3.05, 3.63) is 55.7 Å². The van der Waals surface area contributed by atoms with E-state index in [4.69, 9.17) is 11.6 Å². The summed E-state index contributed by atoms with van der Waals surface area (Å²) in [5.74, 6) is 0.773. The van der Waals surface area contributed by atoms with Crippen LogP contribution in [0.5, 0.6) is 0 Å². The first-order valence-corrected chi connectivity index (χ1v) is 10.7. The molecule has 2 aromatic heterocycles. The summed E-state index contributed by atoms with van der Waals surface area (Å²) in [6.07, 6.45) is 1.37. The Kier molecular flexibility index (Phi) is 5.86. The van der Waals surface area contributed by atoms with Gasteiger partial charge in [-0.3, -0.25) is 23.7 Å². The van der Waals surface area contributed by atoms with E-state index in [-0.39, 0.29) is 5.91 Å². The van der Waals surface area contributed by atoms with E-state index in [0.717, 1.165) is 12.0 Å². The predicted octanol–water partition coefficient (Wildman–Crippen LogP) is 1.57. The van der Waals surface area contributed by atoms with Crippen LogP contribution in [-0.4, -0.2) is 56.1 Å². The summed E-state index contributed by atoms with van der Waals surface area (Å²) >= 11 is 6.01. The van der Waals surface area contributed by atoms with E-state index in [2.05, 4.69) is 14.9 Å². The van der Waals surface area contributed by atoms with Crippen molar-refractivity contribution in [3.63, 3.8) is 0 Å². The van der Waals surface area contributed by atoms with Gasteiger partial charge in [-0.1, -0.05) is 30.7 Å². The van der Waals surface area contributed by atoms with E-state index in [0.29, 0.717) is 61.3 Å². The Labute approximate surface area is 183 Å². The number of fused-ring (bicyclic) bond motifs is 1. The number of anilines is 1. The van der Waals surface area contributed by atoms with Gasteiger partial charge in [-0.2, -0.15) is 4.98 Å². The molecule has 1 fully saturated rings. The second kappa shape index (κ2) is 8.58. The molecule has 0 unspecified atom stereocenters. The van der Waals surface area contributed by atoms with E-state index in [1.54, 1.807) is 19.2 Å². The van der Waals surface area contributed by atoms with Crippen molar-refractivity contribution >= 4 is 34.6 Å². The van der Waals surface area contributed by atoms with Gasteiger partial charge in [-0.25, -0.2) is 4.79 Å². The predicted molar refractivity (Wildman–Crippen MR) is 120 cm³/mol. The fourth-order valence-electron chi connectivity index (χ4n) is 3.91. The third-order valence-electron chi connectivity index (χ3n) is 5.62. The number of carbonyl (C=O) groups excluding carboxylic acids is 1. The first-order chi connectivity index (χ1) is 14.9. The summed E-state index contributed by atoms with van der Waals surface area (Å²) in [6.45, 7) is 4.79. The minimum absolute atomic E-state index is 0.163. The van der Waals surface area contributed by atoms with Crippen molar-refractivity contribution in [2.45, 2.75) is 26.3 Å². The normalized spacial score (nSPS) is 14.4. The van der Waals surface area contributed by atoms with Gasteiger partial charge in [0.05, 0.1) is 6.54 Å². The van der Waals surface area contributed by atoms with Gasteiger partial charge in [0.2, 0.25) is 11.9 Å². The summed E-state index contributed by atoms with van der Waals surface area (Å²) in [5, 5.41) is 0.632. The molecule has 9 nitrogen and oxygen atoms in total. The number of nitrogens with zero attached hydrogens (tertiary/aromatic N) is 5. The molecule has 0 aliphatic carbocycles. The lowest BCUT2D eigenvalue weighted by molar-refractivity contribution is -0.131. The highest BCUT2D eigenvalue weighted by atomic mass is 35.5. The number of imidazole rings is 1. The Morgan fingerprint density at radius 1 is 1.13 bits per heavy atom. The van der Waals surface area contributed by atoms with Crippen LogP contribution in [0.3, 0.4) is 0 Å². The van der Waals surface area contributed by atoms with Gasteiger partial charge in [0, 0.05) is 44.7 Å². The molecule has 1 saturated heterocycles. The largest absolute Gasteiger partial charge is 0.339 e. The molecule has 1 amide bonds. The lowest BCUT2D eigenvalue weighted by Gasteiger charge is -2.35. The molecule has 1 aliphatic heterocycles. The second-order valence-corrected chi connectivity index (χ2v) is 8.17. The summed E-state index contributed by atoms with van der Waals surface area (Å²) in [7, 11) is 1.59. The molecular weight excluding hydrogens is 420 g/mol. The molecule has 4 rings (SSSR count). The number of benzene rings is 1. The van der Waals surface area contributed by atoms with Crippen molar-refractivity contribution in [2.24, 2.45) is 7.05 Å². The summed E-state index contributed by atoms with van der Waals surface area (Å²) < 4.78 is 3.18. The summed E-state index contributed by atoms with van der Waals surface area (Å²) in [6, 6.07) is 7.40. The zero-order valence-corrected chi connectivity index (χ0v) is 18.4. The Morgan fingerprint density at radius 2 is 1.81 bits per heavy atom. The van der Waals surface area contributed by atoms with Gasteiger partial charge < -0.3 is 9.80 Å². The van der Waals surface area contributed by atoms with Crippen LogP contribution in [0.25, 0.3) is 11.2 Å². The number of hydrogen-bond acceptors (Lipinski definition) is 5. The van der Waals surface area contributed by atoms with E-state index < -0.39 is 11.2 Å². The topological polar surface area (TPSA) is 96.2 Å². The van der Waals surface area contributed by atoms with Crippen LogP contribution in [0.1, 0.15) is 25.3 Å². The van der Waals surface area contributed by atoms with E-state index in [9.17, 15) is 14.4 Å². The first kappa shape index (κ1) is 21.2.